The van der Waals surface area contributed by atoms with Gasteiger partial charge in [-0.15, -0.1) is 0 Å². The van der Waals surface area contributed by atoms with Crippen molar-refractivity contribution in [3.05, 3.63) is 36.0 Å². The van der Waals surface area contributed by atoms with Crippen molar-refractivity contribution in [3.8, 4) is 5.75 Å². The van der Waals surface area contributed by atoms with E-state index >= 15 is 0 Å². The van der Waals surface area contributed by atoms with Gasteiger partial charge < -0.3 is 10.1 Å². The smallest absolute Gasteiger partial charge is 0.324 e. The van der Waals surface area contributed by atoms with Crippen LogP contribution in [0.2, 0.25) is 0 Å². The lowest BCUT2D eigenvalue weighted by atomic mass is 10.00. The number of aliphatic imine (C=N–C) groups is 2. The van der Waals surface area contributed by atoms with E-state index in [0.717, 1.165) is 18.6 Å². The largest absolute Gasteiger partial charge is 0.494 e. The van der Waals surface area contributed by atoms with E-state index in [9.17, 15) is 9.59 Å². The van der Waals surface area contributed by atoms with Gasteiger partial charge in [0.25, 0.3) is 11.9 Å². The van der Waals surface area contributed by atoms with Gasteiger partial charge in [-0.2, -0.15) is 14.8 Å². The summed E-state index contributed by atoms with van der Waals surface area (Å²) in [6, 6.07) is 8.40. The molecule has 0 aliphatic carbocycles. The zero-order valence-corrected chi connectivity index (χ0v) is 18.3. The van der Waals surface area contributed by atoms with E-state index in [0.29, 0.717) is 35.9 Å². The average molecular weight is 425 g/mol. The van der Waals surface area contributed by atoms with E-state index in [1.165, 1.54) is 4.68 Å². The molecule has 0 radical (unpaired) electrons. The fourth-order valence-corrected chi connectivity index (χ4v) is 3.17. The van der Waals surface area contributed by atoms with E-state index in [-0.39, 0.29) is 17.8 Å². The standard InChI is InChI=1S/C22H28N6O3/c1-5-7-12-31-17-10-8-16(9-11-17)24-22(30)25-19-13-14(3)27-28(19)21-23-15(4)18(6-2)20(29)26-21/h8-11,13,18H,5-7,12H2,1-4H3,(H2,24,25,30). The Morgan fingerprint density at radius 1 is 1.13 bits per heavy atom. The number of aryl methyl sites for hydroxylation is 1. The minimum atomic E-state index is -0.448. The van der Waals surface area contributed by atoms with Crippen LogP contribution in [-0.2, 0) is 4.79 Å². The number of unbranched alkanes of at least 4 members (excludes halogenated alkanes) is 1. The molecule has 1 unspecified atom stereocenters. The van der Waals surface area contributed by atoms with Gasteiger partial charge in [0.2, 0.25) is 0 Å². The molecule has 0 fully saturated rings. The van der Waals surface area contributed by atoms with Gasteiger partial charge in [-0.05, 0) is 51.0 Å². The van der Waals surface area contributed by atoms with Crippen LogP contribution in [0.5, 0.6) is 5.75 Å². The first-order chi connectivity index (χ1) is 14.9. The Labute approximate surface area is 181 Å². The highest BCUT2D eigenvalue weighted by Crippen LogP contribution is 2.19. The molecular formula is C22H28N6O3. The zero-order valence-electron chi connectivity index (χ0n) is 18.3. The van der Waals surface area contributed by atoms with Crippen LogP contribution in [0.1, 0.15) is 45.7 Å². The van der Waals surface area contributed by atoms with Crippen molar-refractivity contribution in [3.63, 3.8) is 0 Å². The molecule has 2 N–H and O–H groups in total. The van der Waals surface area contributed by atoms with Gasteiger partial charge in [-0.25, -0.2) is 9.79 Å². The minimum Gasteiger partial charge on any atom is -0.494 e. The molecule has 31 heavy (non-hydrogen) atoms. The molecule has 0 bridgehead atoms. The number of nitrogens with zero attached hydrogens (tertiary/aromatic N) is 4. The van der Waals surface area contributed by atoms with Gasteiger partial charge in [0, 0.05) is 17.5 Å². The Morgan fingerprint density at radius 3 is 2.52 bits per heavy atom. The van der Waals surface area contributed by atoms with Gasteiger partial charge in [0.05, 0.1) is 18.2 Å². The van der Waals surface area contributed by atoms with E-state index in [1.807, 2.05) is 19.1 Å². The van der Waals surface area contributed by atoms with Crippen molar-refractivity contribution in [2.75, 3.05) is 17.2 Å². The molecule has 1 aromatic heterocycles. The summed E-state index contributed by atoms with van der Waals surface area (Å²) in [7, 11) is 0. The second-order valence-corrected chi connectivity index (χ2v) is 7.35. The van der Waals surface area contributed by atoms with Gasteiger partial charge in [0.1, 0.15) is 11.6 Å². The number of carbonyl (C=O) groups is 2. The molecule has 1 atom stereocenters. The highest BCUT2D eigenvalue weighted by molar-refractivity contribution is 6.15. The summed E-state index contributed by atoms with van der Waals surface area (Å²) in [6.45, 7) is 8.28. The molecule has 0 spiro atoms. The van der Waals surface area contributed by atoms with E-state index in [2.05, 4.69) is 32.6 Å². The zero-order chi connectivity index (χ0) is 22.4. The number of anilines is 2. The number of ether oxygens (including phenoxy) is 1. The predicted molar refractivity (Wildman–Crippen MR) is 121 cm³/mol. The maximum Gasteiger partial charge on any atom is 0.324 e. The normalized spacial score (nSPS) is 15.9. The Kier molecular flexibility index (Phi) is 7.17. The van der Waals surface area contributed by atoms with Crippen LogP contribution in [0.4, 0.5) is 16.3 Å². The SMILES string of the molecule is CCCCOc1ccc(NC(=O)Nc2cc(C)nn2C2=NC(=O)C(CC)C(C)=N2)cc1. The second kappa shape index (κ2) is 10.0. The van der Waals surface area contributed by atoms with Gasteiger partial charge in [0.15, 0.2) is 0 Å². The van der Waals surface area contributed by atoms with Gasteiger partial charge >= 0.3 is 6.03 Å². The predicted octanol–water partition coefficient (Wildman–Crippen LogP) is 4.25. The summed E-state index contributed by atoms with van der Waals surface area (Å²) in [5.74, 6) is 0.701. The number of hydrogen-bond acceptors (Lipinski definition) is 5. The summed E-state index contributed by atoms with van der Waals surface area (Å²) in [6.07, 6.45) is 2.70. The number of rotatable bonds is 7. The number of hydrogen-bond donors (Lipinski definition) is 2. The van der Waals surface area contributed by atoms with Crippen molar-refractivity contribution in [2.45, 2.75) is 47.0 Å². The van der Waals surface area contributed by atoms with Crippen molar-refractivity contribution in [1.82, 2.24) is 9.78 Å². The van der Waals surface area contributed by atoms with Crippen molar-refractivity contribution in [1.29, 1.82) is 0 Å². The molecule has 2 aromatic rings. The quantitative estimate of drug-likeness (QED) is 0.648. The van der Waals surface area contributed by atoms with Crippen molar-refractivity contribution in [2.24, 2.45) is 15.9 Å². The molecule has 2 heterocycles. The molecule has 9 nitrogen and oxygen atoms in total. The first kappa shape index (κ1) is 22.2. The lowest BCUT2D eigenvalue weighted by Crippen LogP contribution is -2.30. The Hall–Kier alpha value is -3.49. The third-order valence-electron chi connectivity index (χ3n) is 4.84. The fraction of sp³-hybridized carbons (Fsp3) is 0.409. The third-order valence-corrected chi connectivity index (χ3v) is 4.84. The maximum atomic E-state index is 12.5. The van der Waals surface area contributed by atoms with Crippen LogP contribution in [0.15, 0.2) is 40.3 Å². The highest BCUT2D eigenvalue weighted by atomic mass is 16.5. The van der Waals surface area contributed by atoms with E-state index in [4.69, 9.17) is 4.74 Å². The molecule has 0 saturated carbocycles. The summed E-state index contributed by atoms with van der Waals surface area (Å²) >= 11 is 0. The molecule has 164 valence electrons. The first-order valence-electron chi connectivity index (χ1n) is 10.5. The van der Waals surface area contributed by atoms with Crippen molar-refractivity contribution >= 4 is 35.1 Å². The number of amides is 3. The third kappa shape index (κ3) is 5.56. The van der Waals surface area contributed by atoms with Crippen LogP contribution in [0.3, 0.4) is 0 Å². The summed E-state index contributed by atoms with van der Waals surface area (Å²) in [5, 5.41) is 9.84. The molecule has 1 aromatic carbocycles. The molecule has 1 aliphatic heterocycles. The minimum absolute atomic E-state index is 0.143. The van der Waals surface area contributed by atoms with Crippen LogP contribution < -0.4 is 15.4 Å². The van der Waals surface area contributed by atoms with E-state index in [1.54, 1.807) is 32.0 Å². The summed E-state index contributed by atoms with van der Waals surface area (Å²) in [5.41, 5.74) is 1.96. The van der Waals surface area contributed by atoms with Crippen LogP contribution in [0, 0.1) is 12.8 Å². The van der Waals surface area contributed by atoms with Crippen molar-refractivity contribution < 1.29 is 14.3 Å². The number of benzene rings is 1. The molecule has 9 heteroatoms. The van der Waals surface area contributed by atoms with Gasteiger partial charge in [-0.1, -0.05) is 20.3 Å². The lowest BCUT2D eigenvalue weighted by Gasteiger charge is -2.17. The van der Waals surface area contributed by atoms with Gasteiger partial charge in [-0.3, -0.25) is 10.1 Å². The maximum absolute atomic E-state index is 12.5. The molecule has 1 aliphatic rings. The molecule has 3 rings (SSSR count). The second-order valence-electron chi connectivity index (χ2n) is 7.35. The monoisotopic (exact) mass is 424 g/mol. The highest BCUT2D eigenvalue weighted by Gasteiger charge is 2.26. The van der Waals surface area contributed by atoms with Crippen LogP contribution in [0.25, 0.3) is 0 Å². The van der Waals surface area contributed by atoms with E-state index < -0.39 is 6.03 Å². The molecular weight excluding hydrogens is 396 g/mol. The number of aromatic nitrogens is 2. The fourth-order valence-electron chi connectivity index (χ4n) is 3.17. The molecule has 3 amide bonds. The number of urea groups is 1. The Morgan fingerprint density at radius 2 is 1.87 bits per heavy atom. The Bertz CT molecular complexity index is 1010. The summed E-state index contributed by atoms with van der Waals surface area (Å²) < 4.78 is 7.00. The number of nitrogens with one attached hydrogen (secondary N) is 2. The topological polar surface area (TPSA) is 110 Å². The molecule has 0 saturated heterocycles. The summed E-state index contributed by atoms with van der Waals surface area (Å²) in [4.78, 5) is 33.3. The number of carbonyl (C=O) groups excluding carboxylic acids is 2. The first-order valence-corrected chi connectivity index (χ1v) is 10.5. The Balaban J connectivity index is 1.68. The van der Waals surface area contributed by atoms with Crippen LogP contribution >= 0.6 is 0 Å². The lowest BCUT2D eigenvalue weighted by molar-refractivity contribution is -0.119. The van der Waals surface area contributed by atoms with Crippen LogP contribution in [-0.4, -0.2) is 40.0 Å². The average Bonchev–Trinajstić information content (AvgIpc) is 3.09.